The van der Waals surface area contributed by atoms with Crippen molar-refractivity contribution in [2.24, 2.45) is 0 Å². The summed E-state index contributed by atoms with van der Waals surface area (Å²) in [5.41, 5.74) is 2.02. The van der Waals surface area contributed by atoms with E-state index >= 15 is 0 Å². The number of carbonyl (C=O) groups is 1. The molecule has 0 bridgehead atoms. The van der Waals surface area contributed by atoms with Crippen LogP contribution in [0.2, 0.25) is 0 Å². The lowest BCUT2D eigenvalue weighted by Gasteiger charge is -2.11. The van der Waals surface area contributed by atoms with Crippen LogP contribution in [0.25, 0.3) is 0 Å². The number of phenolic OH excluding ortho intramolecular Hbond substituents is 1. The Kier molecular flexibility index (Phi) is 3.65. The first-order chi connectivity index (χ1) is 9.74. The smallest absolute Gasteiger partial charge is 0.228 e. The summed E-state index contributed by atoms with van der Waals surface area (Å²) < 4.78 is 0. The topological polar surface area (TPSA) is 49.3 Å². The molecule has 3 rings (SSSR count). The highest BCUT2D eigenvalue weighted by Crippen LogP contribution is 2.39. The fourth-order valence-electron chi connectivity index (χ4n) is 2.36. The first-order valence-electron chi connectivity index (χ1n) is 6.51. The number of benzene rings is 2. The van der Waals surface area contributed by atoms with Gasteiger partial charge in [0.05, 0.1) is 5.92 Å². The molecule has 0 aliphatic carbocycles. The molecule has 1 unspecified atom stereocenters. The van der Waals surface area contributed by atoms with E-state index in [9.17, 15) is 9.90 Å². The summed E-state index contributed by atoms with van der Waals surface area (Å²) in [4.78, 5) is 13.5. The Labute approximate surface area is 122 Å². The second-order valence-electron chi connectivity index (χ2n) is 4.79. The summed E-state index contributed by atoms with van der Waals surface area (Å²) in [7, 11) is 0. The number of aromatic hydroxyl groups is 1. The number of carbonyl (C=O) groups excluding carboxylic acids is 1. The molecule has 1 atom stereocenters. The lowest BCUT2D eigenvalue weighted by molar-refractivity contribution is -0.122. The van der Waals surface area contributed by atoms with E-state index < -0.39 is 0 Å². The zero-order chi connectivity index (χ0) is 13.9. The maximum Gasteiger partial charge on any atom is 0.228 e. The molecule has 1 heterocycles. The third kappa shape index (κ3) is 2.65. The molecular weight excluding hydrogens is 270 g/mol. The van der Waals surface area contributed by atoms with Gasteiger partial charge in [0.25, 0.3) is 0 Å². The van der Waals surface area contributed by atoms with Gasteiger partial charge < -0.3 is 10.4 Å². The second-order valence-corrected chi connectivity index (χ2v) is 5.85. The maximum absolute atomic E-state index is 12.3. The number of fused-ring (bicyclic) bond motifs is 1. The molecule has 1 aliphatic heterocycles. The molecule has 1 aliphatic rings. The highest BCUT2D eigenvalue weighted by Gasteiger charge is 2.28. The van der Waals surface area contributed by atoms with Gasteiger partial charge in [-0.25, -0.2) is 0 Å². The maximum atomic E-state index is 12.3. The van der Waals surface area contributed by atoms with Crippen molar-refractivity contribution in [3.63, 3.8) is 0 Å². The van der Waals surface area contributed by atoms with Crippen LogP contribution in [0.3, 0.4) is 0 Å². The summed E-state index contributed by atoms with van der Waals surface area (Å²) >= 11 is 1.73. The molecule has 0 aromatic heterocycles. The van der Waals surface area contributed by atoms with E-state index in [0.29, 0.717) is 6.54 Å². The quantitative estimate of drug-likeness (QED) is 0.911. The Hall–Kier alpha value is -1.94. The molecule has 2 aromatic rings. The highest BCUT2D eigenvalue weighted by molar-refractivity contribution is 7.99. The number of rotatable bonds is 3. The molecule has 1 amide bonds. The zero-order valence-corrected chi connectivity index (χ0v) is 11.7. The van der Waals surface area contributed by atoms with Gasteiger partial charge in [0.1, 0.15) is 5.75 Å². The first kappa shape index (κ1) is 13.1. The number of hydrogen-bond donors (Lipinski definition) is 2. The van der Waals surface area contributed by atoms with Crippen LogP contribution in [-0.4, -0.2) is 16.8 Å². The number of hydrogen-bond acceptors (Lipinski definition) is 3. The average molecular weight is 285 g/mol. The van der Waals surface area contributed by atoms with E-state index in [4.69, 9.17) is 0 Å². The van der Waals surface area contributed by atoms with E-state index in [1.807, 2.05) is 24.3 Å². The molecule has 0 fully saturated rings. The van der Waals surface area contributed by atoms with Gasteiger partial charge in [-0.05, 0) is 29.3 Å². The molecule has 0 spiro atoms. The third-order valence-corrected chi connectivity index (χ3v) is 4.58. The fourth-order valence-corrected chi connectivity index (χ4v) is 3.59. The Morgan fingerprint density at radius 1 is 1.25 bits per heavy atom. The minimum absolute atomic E-state index is 0.0470. The van der Waals surface area contributed by atoms with Crippen LogP contribution in [0.15, 0.2) is 53.4 Å². The van der Waals surface area contributed by atoms with Crippen LogP contribution < -0.4 is 5.32 Å². The summed E-state index contributed by atoms with van der Waals surface area (Å²) in [6.07, 6.45) is 0. The second kappa shape index (κ2) is 5.59. The van der Waals surface area contributed by atoms with Gasteiger partial charge >= 0.3 is 0 Å². The SMILES string of the molecule is O=C(NCc1cccc(O)c1)C1CSc2ccccc21. The van der Waals surface area contributed by atoms with Crippen LogP contribution in [-0.2, 0) is 11.3 Å². The molecule has 2 aromatic carbocycles. The summed E-state index contributed by atoms with van der Waals surface area (Å²) in [5, 5.41) is 12.3. The molecular formula is C16H15NO2S. The first-order valence-corrected chi connectivity index (χ1v) is 7.50. The van der Waals surface area contributed by atoms with E-state index in [1.54, 1.807) is 30.0 Å². The predicted octanol–water partition coefficient (Wildman–Crippen LogP) is 2.90. The van der Waals surface area contributed by atoms with Gasteiger partial charge in [0.2, 0.25) is 5.91 Å². The van der Waals surface area contributed by atoms with Crippen LogP contribution in [0.1, 0.15) is 17.0 Å². The van der Waals surface area contributed by atoms with Crippen molar-refractivity contribution >= 4 is 17.7 Å². The Morgan fingerprint density at radius 2 is 2.10 bits per heavy atom. The van der Waals surface area contributed by atoms with E-state index in [0.717, 1.165) is 16.9 Å². The standard InChI is InChI=1S/C16H15NO2S/c18-12-5-3-4-11(8-12)9-17-16(19)14-10-20-15-7-2-1-6-13(14)15/h1-8,14,18H,9-10H2,(H,17,19). The number of phenols is 1. The fraction of sp³-hybridized carbons (Fsp3) is 0.188. The monoisotopic (exact) mass is 285 g/mol. The minimum Gasteiger partial charge on any atom is -0.508 e. The molecule has 3 nitrogen and oxygen atoms in total. The lowest BCUT2D eigenvalue weighted by Crippen LogP contribution is -2.29. The lowest BCUT2D eigenvalue weighted by atomic mass is 10.0. The predicted molar refractivity (Wildman–Crippen MR) is 79.9 cm³/mol. The van der Waals surface area contributed by atoms with Gasteiger partial charge in [-0.15, -0.1) is 11.8 Å². The molecule has 4 heteroatoms. The Balaban J connectivity index is 1.66. The molecule has 20 heavy (non-hydrogen) atoms. The molecule has 2 N–H and O–H groups in total. The molecule has 0 saturated heterocycles. The van der Waals surface area contributed by atoms with Gasteiger partial charge in [-0.2, -0.15) is 0 Å². The minimum atomic E-state index is -0.0755. The third-order valence-electron chi connectivity index (χ3n) is 3.39. The number of amides is 1. The van der Waals surface area contributed by atoms with Gasteiger partial charge in [-0.1, -0.05) is 30.3 Å². The van der Waals surface area contributed by atoms with Gasteiger partial charge in [0, 0.05) is 17.2 Å². The normalized spacial score (nSPS) is 16.7. The Bertz CT molecular complexity index is 642. The van der Waals surface area contributed by atoms with Crippen molar-refractivity contribution < 1.29 is 9.90 Å². The van der Waals surface area contributed by atoms with Gasteiger partial charge in [0.15, 0.2) is 0 Å². The van der Waals surface area contributed by atoms with Gasteiger partial charge in [-0.3, -0.25) is 4.79 Å². The van der Waals surface area contributed by atoms with Crippen LogP contribution in [0.5, 0.6) is 5.75 Å². The van der Waals surface area contributed by atoms with Crippen LogP contribution >= 0.6 is 11.8 Å². The largest absolute Gasteiger partial charge is 0.508 e. The summed E-state index contributed by atoms with van der Waals surface area (Å²) in [6.45, 7) is 0.441. The average Bonchev–Trinajstić information content (AvgIpc) is 2.89. The van der Waals surface area contributed by atoms with E-state index in [2.05, 4.69) is 11.4 Å². The number of nitrogens with one attached hydrogen (secondary N) is 1. The van der Waals surface area contributed by atoms with E-state index in [1.165, 1.54) is 4.90 Å². The Morgan fingerprint density at radius 3 is 2.95 bits per heavy atom. The van der Waals surface area contributed by atoms with Crippen molar-refractivity contribution in [3.8, 4) is 5.75 Å². The zero-order valence-electron chi connectivity index (χ0n) is 10.9. The summed E-state index contributed by atoms with van der Waals surface area (Å²) in [6, 6.07) is 15.0. The molecule has 0 saturated carbocycles. The molecule has 0 radical (unpaired) electrons. The summed E-state index contributed by atoms with van der Waals surface area (Å²) in [5.74, 6) is 0.989. The van der Waals surface area contributed by atoms with E-state index in [-0.39, 0.29) is 17.6 Å². The molecule has 102 valence electrons. The van der Waals surface area contributed by atoms with Crippen molar-refractivity contribution in [1.29, 1.82) is 0 Å². The van der Waals surface area contributed by atoms with Crippen LogP contribution in [0, 0.1) is 0 Å². The van der Waals surface area contributed by atoms with Crippen molar-refractivity contribution in [1.82, 2.24) is 5.32 Å². The van der Waals surface area contributed by atoms with Crippen molar-refractivity contribution in [3.05, 3.63) is 59.7 Å². The van der Waals surface area contributed by atoms with Crippen molar-refractivity contribution in [2.45, 2.75) is 17.4 Å². The number of thioether (sulfide) groups is 1. The van der Waals surface area contributed by atoms with Crippen LogP contribution in [0.4, 0.5) is 0 Å². The van der Waals surface area contributed by atoms with Crippen molar-refractivity contribution in [2.75, 3.05) is 5.75 Å². The highest BCUT2D eigenvalue weighted by atomic mass is 32.2.